The molecule has 0 radical (unpaired) electrons. The van der Waals surface area contributed by atoms with Crippen LogP contribution in [0.1, 0.15) is 26.3 Å². The summed E-state index contributed by atoms with van der Waals surface area (Å²) in [6.45, 7) is 6.89. The molecule has 25 heavy (non-hydrogen) atoms. The van der Waals surface area contributed by atoms with Crippen LogP contribution in [-0.4, -0.2) is 29.7 Å². The van der Waals surface area contributed by atoms with E-state index in [1.165, 1.54) is 0 Å². The highest BCUT2D eigenvalue weighted by Crippen LogP contribution is 2.23. The number of hydrogen-bond acceptors (Lipinski definition) is 3. The molecule has 0 bridgehead atoms. The Morgan fingerprint density at radius 2 is 1.68 bits per heavy atom. The predicted octanol–water partition coefficient (Wildman–Crippen LogP) is 5.27. The Hall–Kier alpha value is -2.01. The quantitative estimate of drug-likeness (QED) is 0.657. The lowest BCUT2D eigenvalue weighted by Crippen LogP contribution is -2.38. The van der Waals surface area contributed by atoms with E-state index in [0.29, 0.717) is 19.7 Å². The summed E-state index contributed by atoms with van der Waals surface area (Å²) in [5.74, 6) is 0.756. The molecule has 0 aromatic heterocycles. The van der Waals surface area contributed by atoms with Crippen LogP contribution >= 0.6 is 15.9 Å². The third-order valence-corrected chi connectivity index (χ3v) is 3.98. The van der Waals surface area contributed by atoms with Gasteiger partial charge in [-0.25, -0.2) is 4.79 Å². The summed E-state index contributed by atoms with van der Waals surface area (Å²) in [5, 5.41) is 0. The molecule has 0 atom stereocenters. The molecule has 0 heterocycles. The number of benzene rings is 2. The van der Waals surface area contributed by atoms with Crippen molar-refractivity contribution in [3.05, 3.63) is 64.6 Å². The van der Waals surface area contributed by atoms with Crippen LogP contribution in [0.4, 0.5) is 4.79 Å². The van der Waals surface area contributed by atoms with Gasteiger partial charge in [-0.05, 0) is 54.4 Å². The van der Waals surface area contributed by atoms with Crippen molar-refractivity contribution in [1.29, 1.82) is 0 Å². The molecule has 0 fully saturated rings. The summed E-state index contributed by atoms with van der Waals surface area (Å²) < 4.78 is 12.2. The molecule has 0 aliphatic heterocycles. The van der Waals surface area contributed by atoms with Gasteiger partial charge < -0.3 is 14.4 Å². The molecule has 5 heteroatoms. The van der Waals surface area contributed by atoms with Gasteiger partial charge in [-0.3, -0.25) is 0 Å². The van der Waals surface area contributed by atoms with E-state index in [1.54, 1.807) is 4.90 Å². The minimum absolute atomic E-state index is 0.341. The number of hydrogen-bond donors (Lipinski definition) is 0. The Bertz CT molecular complexity index is 683. The second-order valence-corrected chi connectivity index (χ2v) is 7.52. The van der Waals surface area contributed by atoms with Gasteiger partial charge in [-0.2, -0.15) is 0 Å². The van der Waals surface area contributed by atoms with Crippen molar-refractivity contribution in [1.82, 2.24) is 4.90 Å². The maximum atomic E-state index is 12.5. The number of carbonyl (C=O) groups excluding carboxylic acids is 1. The molecule has 2 aromatic carbocycles. The monoisotopic (exact) mass is 405 g/mol. The van der Waals surface area contributed by atoms with E-state index in [-0.39, 0.29) is 6.09 Å². The topological polar surface area (TPSA) is 38.8 Å². The number of rotatable bonds is 6. The highest BCUT2D eigenvalue weighted by Gasteiger charge is 2.22. The molecular weight excluding hydrogens is 382 g/mol. The first-order valence-electron chi connectivity index (χ1n) is 8.24. The molecule has 0 aliphatic carbocycles. The Kier molecular flexibility index (Phi) is 6.88. The van der Waals surface area contributed by atoms with E-state index < -0.39 is 5.60 Å². The zero-order valence-electron chi connectivity index (χ0n) is 14.9. The first-order chi connectivity index (χ1) is 11.8. The summed E-state index contributed by atoms with van der Waals surface area (Å²) in [4.78, 5) is 14.2. The molecular formula is C20H24BrNO3. The van der Waals surface area contributed by atoms with Crippen molar-refractivity contribution >= 4 is 22.0 Å². The van der Waals surface area contributed by atoms with Crippen molar-refractivity contribution in [3.63, 3.8) is 0 Å². The first-order valence-corrected chi connectivity index (χ1v) is 9.03. The van der Waals surface area contributed by atoms with Crippen molar-refractivity contribution in [2.45, 2.75) is 32.9 Å². The minimum Gasteiger partial charge on any atom is -0.491 e. The maximum absolute atomic E-state index is 12.5. The van der Waals surface area contributed by atoms with Gasteiger partial charge in [0.25, 0.3) is 0 Å². The number of halogens is 1. The summed E-state index contributed by atoms with van der Waals surface area (Å²) >= 11 is 3.46. The fourth-order valence-electron chi connectivity index (χ4n) is 2.19. The van der Waals surface area contributed by atoms with E-state index >= 15 is 0 Å². The molecule has 2 rings (SSSR count). The fraction of sp³-hybridized carbons (Fsp3) is 0.350. The number of amides is 1. The molecule has 0 spiro atoms. The first kappa shape index (κ1) is 19.3. The smallest absolute Gasteiger partial charge is 0.410 e. The van der Waals surface area contributed by atoms with Crippen LogP contribution < -0.4 is 4.74 Å². The molecule has 1 amide bonds. The summed E-state index contributed by atoms with van der Waals surface area (Å²) in [6, 6.07) is 17.5. The molecule has 2 aromatic rings. The van der Waals surface area contributed by atoms with E-state index in [2.05, 4.69) is 15.9 Å². The largest absolute Gasteiger partial charge is 0.491 e. The van der Waals surface area contributed by atoms with E-state index in [9.17, 15) is 4.79 Å². The molecule has 0 unspecified atom stereocenters. The van der Waals surface area contributed by atoms with Crippen LogP contribution in [0.3, 0.4) is 0 Å². The van der Waals surface area contributed by atoms with Gasteiger partial charge in [0.2, 0.25) is 0 Å². The summed E-state index contributed by atoms with van der Waals surface area (Å²) in [6.07, 6.45) is -0.341. The second kappa shape index (κ2) is 8.90. The van der Waals surface area contributed by atoms with Crippen LogP contribution in [0.15, 0.2) is 59.1 Å². The molecule has 0 N–H and O–H groups in total. The lowest BCUT2D eigenvalue weighted by Gasteiger charge is -2.27. The average Bonchev–Trinajstić information content (AvgIpc) is 2.55. The predicted molar refractivity (Wildman–Crippen MR) is 103 cm³/mol. The number of nitrogens with zero attached hydrogens (tertiary/aromatic N) is 1. The van der Waals surface area contributed by atoms with Crippen molar-refractivity contribution in [2.75, 3.05) is 13.2 Å². The van der Waals surface area contributed by atoms with Gasteiger partial charge in [-0.1, -0.05) is 42.5 Å². The zero-order chi connectivity index (χ0) is 18.3. The third-order valence-electron chi connectivity index (χ3n) is 3.32. The van der Waals surface area contributed by atoms with E-state index in [1.807, 2.05) is 75.4 Å². The van der Waals surface area contributed by atoms with Crippen LogP contribution in [-0.2, 0) is 11.3 Å². The molecule has 0 saturated carbocycles. The minimum atomic E-state index is -0.532. The standard InChI is InChI=1S/C20H24BrNO3/c1-20(2,3)25-19(23)22(15-16-9-5-4-6-10-16)13-14-24-18-12-8-7-11-17(18)21/h4-12H,13-15H2,1-3H3. The molecule has 0 saturated heterocycles. The van der Waals surface area contributed by atoms with Crippen molar-refractivity contribution in [3.8, 4) is 5.75 Å². The van der Waals surface area contributed by atoms with Gasteiger partial charge in [0.1, 0.15) is 18.0 Å². The summed E-state index contributed by atoms with van der Waals surface area (Å²) in [5.41, 5.74) is 0.518. The van der Waals surface area contributed by atoms with Crippen LogP contribution in [0.5, 0.6) is 5.75 Å². The molecule has 134 valence electrons. The van der Waals surface area contributed by atoms with Gasteiger partial charge in [0.15, 0.2) is 0 Å². The van der Waals surface area contributed by atoms with Crippen LogP contribution in [0.25, 0.3) is 0 Å². The van der Waals surface area contributed by atoms with Crippen LogP contribution in [0, 0.1) is 0 Å². The second-order valence-electron chi connectivity index (χ2n) is 6.67. The highest BCUT2D eigenvalue weighted by molar-refractivity contribution is 9.10. The lowest BCUT2D eigenvalue weighted by atomic mass is 10.2. The Morgan fingerprint density at radius 1 is 1.04 bits per heavy atom. The van der Waals surface area contributed by atoms with E-state index in [0.717, 1.165) is 15.8 Å². The fourth-order valence-corrected chi connectivity index (χ4v) is 2.59. The van der Waals surface area contributed by atoms with Crippen molar-refractivity contribution < 1.29 is 14.3 Å². The third kappa shape index (κ3) is 6.78. The number of carbonyl (C=O) groups is 1. The highest BCUT2D eigenvalue weighted by atomic mass is 79.9. The SMILES string of the molecule is CC(C)(C)OC(=O)N(CCOc1ccccc1Br)Cc1ccccc1. The maximum Gasteiger partial charge on any atom is 0.410 e. The number of ether oxygens (including phenoxy) is 2. The Labute approximate surface area is 157 Å². The van der Waals surface area contributed by atoms with Crippen LogP contribution in [0.2, 0.25) is 0 Å². The Morgan fingerprint density at radius 3 is 2.32 bits per heavy atom. The van der Waals surface area contributed by atoms with Gasteiger partial charge in [-0.15, -0.1) is 0 Å². The lowest BCUT2D eigenvalue weighted by molar-refractivity contribution is 0.0209. The van der Waals surface area contributed by atoms with Crippen molar-refractivity contribution in [2.24, 2.45) is 0 Å². The van der Waals surface area contributed by atoms with E-state index in [4.69, 9.17) is 9.47 Å². The normalized spacial score (nSPS) is 11.0. The number of para-hydroxylation sites is 1. The van der Waals surface area contributed by atoms with Gasteiger partial charge in [0, 0.05) is 6.54 Å². The summed E-state index contributed by atoms with van der Waals surface area (Å²) in [7, 11) is 0. The van der Waals surface area contributed by atoms with Gasteiger partial charge >= 0.3 is 6.09 Å². The molecule has 4 nitrogen and oxygen atoms in total. The Balaban J connectivity index is 2.00. The molecule has 0 aliphatic rings. The average molecular weight is 406 g/mol. The zero-order valence-corrected chi connectivity index (χ0v) is 16.5. The van der Waals surface area contributed by atoms with Gasteiger partial charge in [0.05, 0.1) is 11.0 Å².